The number of anilines is 2. The van der Waals surface area contributed by atoms with Crippen LogP contribution in [0.25, 0.3) is 0 Å². The van der Waals surface area contributed by atoms with Crippen LogP contribution in [0.3, 0.4) is 0 Å². The summed E-state index contributed by atoms with van der Waals surface area (Å²) in [6, 6.07) is 11.1. The minimum atomic E-state index is -0.670. The molecule has 1 heterocycles. The van der Waals surface area contributed by atoms with E-state index in [0.29, 0.717) is 5.69 Å². The molecule has 0 saturated carbocycles. The van der Waals surface area contributed by atoms with E-state index >= 15 is 0 Å². The number of amides is 2. The minimum absolute atomic E-state index is 0.0521. The molecule has 0 unspecified atom stereocenters. The highest BCUT2D eigenvalue weighted by molar-refractivity contribution is 6.03. The topological polar surface area (TPSA) is 136 Å². The van der Waals surface area contributed by atoms with E-state index in [1.54, 1.807) is 6.07 Å². The summed E-state index contributed by atoms with van der Waals surface area (Å²) >= 11 is 0. The Morgan fingerprint density at radius 2 is 1.67 bits per heavy atom. The number of nitro benzene ring substituents is 2. The zero-order valence-corrected chi connectivity index (χ0v) is 13.9. The maximum absolute atomic E-state index is 12.4. The van der Waals surface area contributed by atoms with Crippen molar-refractivity contribution in [2.75, 3.05) is 16.8 Å². The SMILES string of the molecule is O=C(Nc1cccc([N+](=O)[O-])c1)[C@@H]1CC(=O)N(c2cccc([N+](=O)[O-])c2)C1. The van der Waals surface area contributed by atoms with Gasteiger partial charge in [-0.25, -0.2) is 0 Å². The Morgan fingerprint density at radius 3 is 2.33 bits per heavy atom. The Hall–Kier alpha value is -3.82. The highest BCUT2D eigenvalue weighted by Crippen LogP contribution is 2.28. The van der Waals surface area contributed by atoms with Gasteiger partial charge in [-0.3, -0.25) is 29.8 Å². The molecule has 10 nitrogen and oxygen atoms in total. The zero-order chi connectivity index (χ0) is 19.6. The van der Waals surface area contributed by atoms with E-state index in [4.69, 9.17) is 0 Å². The number of non-ortho nitro benzene ring substituents is 2. The highest BCUT2D eigenvalue weighted by Gasteiger charge is 2.35. The van der Waals surface area contributed by atoms with Crippen LogP contribution in [-0.2, 0) is 9.59 Å². The number of hydrogen-bond acceptors (Lipinski definition) is 6. The first kappa shape index (κ1) is 18.0. The Morgan fingerprint density at radius 1 is 1.04 bits per heavy atom. The second-order valence-corrected chi connectivity index (χ2v) is 5.98. The average Bonchev–Trinajstić information content (AvgIpc) is 3.04. The smallest absolute Gasteiger partial charge is 0.271 e. The quantitative estimate of drug-likeness (QED) is 0.634. The van der Waals surface area contributed by atoms with Gasteiger partial charge >= 0.3 is 0 Å². The molecule has 3 rings (SSSR count). The van der Waals surface area contributed by atoms with Crippen LogP contribution in [0, 0.1) is 26.1 Å². The lowest BCUT2D eigenvalue weighted by atomic mass is 10.1. The maximum Gasteiger partial charge on any atom is 0.271 e. The molecule has 2 aromatic rings. The normalized spacial score (nSPS) is 16.2. The number of benzene rings is 2. The van der Waals surface area contributed by atoms with Gasteiger partial charge in [-0.2, -0.15) is 0 Å². The van der Waals surface area contributed by atoms with E-state index in [9.17, 15) is 29.8 Å². The van der Waals surface area contributed by atoms with E-state index < -0.39 is 21.7 Å². The molecule has 1 N–H and O–H groups in total. The van der Waals surface area contributed by atoms with Crippen LogP contribution in [0.2, 0.25) is 0 Å². The van der Waals surface area contributed by atoms with Crippen molar-refractivity contribution in [3.63, 3.8) is 0 Å². The van der Waals surface area contributed by atoms with Crippen LogP contribution >= 0.6 is 0 Å². The molecule has 0 bridgehead atoms. The summed E-state index contributed by atoms with van der Waals surface area (Å²) in [6.45, 7) is 0.0702. The van der Waals surface area contributed by atoms with Crippen molar-refractivity contribution in [3.8, 4) is 0 Å². The Kier molecular flexibility index (Phi) is 4.79. The fourth-order valence-corrected chi connectivity index (χ4v) is 2.85. The third-order valence-corrected chi connectivity index (χ3v) is 4.17. The number of carbonyl (C=O) groups is 2. The summed E-state index contributed by atoms with van der Waals surface area (Å²) in [5, 5.41) is 24.3. The molecule has 138 valence electrons. The van der Waals surface area contributed by atoms with Gasteiger partial charge in [0.2, 0.25) is 11.8 Å². The van der Waals surface area contributed by atoms with Crippen molar-refractivity contribution < 1.29 is 19.4 Å². The first-order valence-corrected chi connectivity index (χ1v) is 7.95. The summed E-state index contributed by atoms with van der Waals surface area (Å²) in [5.41, 5.74) is 0.300. The van der Waals surface area contributed by atoms with Gasteiger partial charge in [0.1, 0.15) is 0 Å². The van der Waals surface area contributed by atoms with Gasteiger partial charge in [0.05, 0.1) is 21.5 Å². The summed E-state index contributed by atoms with van der Waals surface area (Å²) in [5.74, 6) is -1.44. The maximum atomic E-state index is 12.4. The van der Waals surface area contributed by atoms with Crippen molar-refractivity contribution in [2.24, 2.45) is 5.92 Å². The van der Waals surface area contributed by atoms with Crippen LogP contribution < -0.4 is 10.2 Å². The molecular formula is C17H14N4O6. The number of nitrogens with one attached hydrogen (secondary N) is 1. The van der Waals surface area contributed by atoms with Crippen LogP contribution in [0.4, 0.5) is 22.7 Å². The predicted molar refractivity (Wildman–Crippen MR) is 95.3 cm³/mol. The lowest BCUT2D eigenvalue weighted by molar-refractivity contribution is -0.385. The van der Waals surface area contributed by atoms with Crippen molar-refractivity contribution >= 4 is 34.6 Å². The lowest BCUT2D eigenvalue weighted by Gasteiger charge is -2.16. The molecule has 1 fully saturated rings. The minimum Gasteiger partial charge on any atom is -0.326 e. The van der Waals surface area contributed by atoms with Gasteiger partial charge < -0.3 is 10.2 Å². The van der Waals surface area contributed by atoms with Gasteiger partial charge in [-0.05, 0) is 12.1 Å². The number of nitro groups is 2. The molecular weight excluding hydrogens is 356 g/mol. The molecule has 1 aliphatic rings. The Labute approximate surface area is 152 Å². The number of nitrogens with zero attached hydrogens (tertiary/aromatic N) is 3. The van der Waals surface area contributed by atoms with Gasteiger partial charge in [0, 0.05) is 42.9 Å². The second kappa shape index (κ2) is 7.20. The fourth-order valence-electron chi connectivity index (χ4n) is 2.85. The van der Waals surface area contributed by atoms with Gasteiger partial charge in [0.25, 0.3) is 11.4 Å². The van der Waals surface area contributed by atoms with Crippen LogP contribution in [0.1, 0.15) is 6.42 Å². The summed E-state index contributed by atoms with van der Waals surface area (Å²) in [6.07, 6.45) is -0.0521. The molecule has 10 heteroatoms. The van der Waals surface area contributed by atoms with E-state index in [-0.39, 0.29) is 35.9 Å². The van der Waals surface area contributed by atoms with E-state index in [1.165, 1.54) is 47.4 Å². The highest BCUT2D eigenvalue weighted by atomic mass is 16.6. The second-order valence-electron chi connectivity index (χ2n) is 5.98. The molecule has 0 aromatic heterocycles. The fraction of sp³-hybridized carbons (Fsp3) is 0.176. The standard InChI is InChI=1S/C17H14N4O6/c22-16-7-11(10-19(16)13-4-2-6-15(9-13)21(26)27)17(23)18-12-3-1-5-14(8-12)20(24)25/h1-6,8-9,11H,7,10H2,(H,18,23)/t11-/m1/s1. The molecule has 1 aliphatic heterocycles. The largest absolute Gasteiger partial charge is 0.326 e. The van der Waals surface area contributed by atoms with Gasteiger partial charge in [0.15, 0.2) is 0 Å². The van der Waals surface area contributed by atoms with Gasteiger partial charge in [-0.15, -0.1) is 0 Å². The Bertz CT molecular complexity index is 945. The summed E-state index contributed by atoms with van der Waals surface area (Å²) < 4.78 is 0. The lowest BCUT2D eigenvalue weighted by Crippen LogP contribution is -2.28. The number of carbonyl (C=O) groups excluding carboxylic acids is 2. The molecule has 27 heavy (non-hydrogen) atoms. The first-order chi connectivity index (χ1) is 12.8. The monoisotopic (exact) mass is 370 g/mol. The third kappa shape index (κ3) is 3.89. The third-order valence-electron chi connectivity index (χ3n) is 4.17. The summed E-state index contributed by atoms with van der Waals surface area (Å²) in [7, 11) is 0. The van der Waals surface area contributed by atoms with Crippen LogP contribution in [-0.4, -0.2) is 28.2 Å². The van der Waals surface area contributed by atoms with Crippen molar-refractivity contribution in [2.45, 2.75) is 6.42 Å². The van der Waals surface area contributed by atoms with Crippen LogP contribution in [0.5, 0.6) is 0 Å². The predicted octanol–water partition coefficient (Wildman–Crippen LogP) is 2.49. The first-order valence-electron chi connectivity index (χ1n) is 7.95. The molecule has 1 atom stereocenters. The van der Waals surface area contributed by atoms with Crippen molar-refractivity contribution in [1.82, 2.24) is 0 Å². The molecule has 1 saturated heterocycles. The summed E-state index contributed by atoms with van der Waals surface area (Å²) in [4.78, 5) is 46.6. The average molecular weight is 370 g/mol. The molecule has 2 aromatic carbocycles. The van der Waals surface area contributed by atoms with Crippen molar-refractivity contribution in [1.29, 1.82) is 0 Å². The number of hydrogen-bond donors (Lipinski definition) is 1. The van der Waals surface area contributed by atoms with E-state index in [2.05, 4.69) is 5.32 Å². The van der Waals surface area contributed by atoms with E-state index in [1.807, 2.05) is 0 Å². The molecule has 2 amide bonds. The molecule has 0 aliphatic carbocycles. The van der Waals surface area contributed by atoms with Gasteiger partial charge in [-0.1, -0.05) is 12.1 Å². The number of rotatable bonds is 5. The molecule has 0 radical (unpaired) electrons. The van der Waals surface area contributed by atoms with E-state index in [0.717, 1.165) is 0 Å². The van der Waals surface area contributed by atoms with Crippen molar-refractivity contribution in [3.05, 3.63) is 68.8 Å². The Balaban J connectivity index is 1.72. The zero-order valence-electron chi connectivity index (χ0n) is 13.9. The molecule has 0 spiro atoms. The van der Waals surface area contributed by atoms with Crippen LogP contribution in [0.15, 0.2) is 48.5 Å².